The highest BCUT2D eigenvalue weighted by Gasteiger charge is 2.33. The number of hydrazone groups is 1. The van der Waals surface area contributed by atoms with Crippen LogP contribution >= 0.6 is 0 Å². The fourth-order valence-electron chi connectivity index (χ4n) is 2.72. The molecule has 1 aliphatic rings. The molecule has 2 heterocycles. The molecule has 1 saturated heterocycles. The smallest absolute Gasteiger partial charge is 0.338 e. The molecule has 8 nitrogen and oxygen atoms in total. The molecule has 2 aromatic rings. The van der Waals surface area contributed by atoms with E-state index in [1.54, 1.807) is 50.2 Å². The number of carbonyl (C=O) groups is 2. The summed E-state index contributed by atoms with van der Waals surface area (Å²) in [5, 5.41) is 3.89. The lowest BCUT2D eigenvalue weighted by Crippen LogP contribution is -2.33. The van der Waals surface area contributed by atoms with E-state index in [1.807, 2.05) is 0 Å². The van der Waals surface area contributed by atoms with Crippen LogP contribution in [0.2, 0.25) is 0 Å². The molecule has 8 heteroatoms. The van der Waals surface area contributed by atoms with E-state index in [0.717, 1.165) is 5.56 Å². The molecule has 1 N–H and O–H groups in total. The van der Waals surface area contributed by atoms with Crippen molar-refractivity contribution in [2.75, 3.05) is 19.8 Å². The van der Waals surface area contributed by atoms with E-state index in [1.165, 1.54) is 6.21 Å². The monoisotopic (exact) mass is 386 g/mol. The SMILES string of the molecule is CCOC(=O)c1ccc(-c2ccc(C=NNC(=O)CC3(C)OCCO3)o2)cc1. The summed E-state index contributed by atoms with van der Waals surface area (Å²) in [7, 11) is 0. The molecular weight excluding hydrogens is 364 g/mol. The lowest BCUT2D eigenvalue weighted by atomic mass is 10.1. The minimum absolute atomic E-state index is 0.0561. The standard InChI is InChI=1S/C20H22N2O6/c1-3-25-19(24)15-6-4-14(5-7-15)17-9-8-16(28-17)13-21-22-18(23)12-20(2)26-10-11-27-20/h4-9,13H,3,10-12H2,1-2H3,(H,22,23). The van der Waals surface area contributed by atoms with E-state index in [2.05, 4.69) is 10.5 Å². The number of benzene rings is 1. The number of hydrogen-bond donors (Lipinski definition) is 1. The quantitative estimate of drug-likeness (QED) is 0.446. The predicted molar refractivity (Wildman–Crippen MR) is 101 cm³/mol. The van der Waals surface area contributed by atoms with Crippen molar-refractivity contribution >= 4 is 18.1 Å². The van der Waals surface area contributed by atoms with Crippen molar-refractivity contribution in [3.8, 4) is 11.3 Å². The van der Waals surface area contributed by atoms with Crippen molar-refractivity contribution in [2.45, 2.75) is 26.1 Å². The van der Waals surface area contributed by atoms with Crippen LogP contribution in [0.5, 0.6) is 0 Å². The maximum Gasteiger partial charge on any atom is 0.338 e. The summed E-state index contributed by atoms with van der Waals surface area (Å²) in [5.41, 5.74) is 3.71. The molecule has 1 fully saturated rings. The molecule has 0 radical (unpaired) electrons. The van der Waals surface area contributed by atoms with Crippen LogP contribution in [-0.2, 0) is 19.0 Å². The zero-order valence-corrected chi connectivity index (χ0v) is 15.8. The van der Waals surface area contributed by atoms with Crippen LogP contribution in [0.1, 0.15) is 36.4 Å². The van der Waals surface area contributed by atoms with E-state index in [4.69, 9.17) is 18.6 Å². The summed E-state index contributed by atoms with van der Waals surface area (Å²) in [6.45, 7) is 4.76. The highest BCUT2D eigenvalue weighted by atomic mass is 16.7. The van der Waals surface area contributed by atoms with Crippen molar-refractivity contribution < 1.29 is 28.2 Å². The summed E-state index contributed by atoms with van der Waals surface area (Å²) in [5.74, 6) is -0.484. The van der Waals surface area contributed by atoms with Gasteiger partial charge in [0.2, 0.25) is 5.91 Å². The van der Waals surface area contributed by atoms with Gasteiger partial charge in [0, 0.05) is 5.56 Å². The Morgan fingerprint density at radius 2 is 1.89 bits per heavy atom. The van der Waals surface area contributed by atoms with Crippen molar-refractivity contribution in [1.29, 1.82) is 0 Å². The van der Waals surface area contributed by atoms with Gasteiger partial charge >= 0.3 is 5.97 Å². The van der Waals surface area contributed by atoms with Crippen LogP contribution in [0.4, 0.5) is 0 Å². The van der Waals surface area contributed by atoms with Gasteiger partial charge in [-0.05, 0) is 38.1 Å². The lowest BCUT2D eigenvalue weighted by molar-refractivity contribution is -0.159. The zero-order chi connectivity index (χ0) is 20.0. The molecule has 3 rings (SSSR count). The molecule has 0 aliphatic carbocycles. The third-order valence-corrected chi connectivity index (χ3v) is 4.07. The van der Waals surface area contributed by atoms with Crippen LogP contribution in [0.15, 0.2) is 45.9 Å². The first-order chi connectivity index (χ1) is 13.5. The molecule has 28 heavy (non-hydrogen) atoms. The van der Waals surface area contributed by atoms with Gasteiger partial charge in [-0.15, -0.1) is 0 Å². The number of nitrogens with one attached hydrogen (secondary N) is 1. The summed E-state index contributed by atoms with van der Waals surface area (Å²) in [6.07, 6.45) is 1.47. The van der Waals surface area contributed by atoms with Gasteiger partial charge in [-0.25, -0.2) is 10.2 Å². The molecular formula is C20H22N2O6. The Morgan fingerprint density at radius 3 is 2.57 bits per heavy atom. The Bertz CT molecular complexity index is 850. The molecule has 0 spiro atoms. The third-order valence-electron chi connectivity index (χ3n) is 4.07. The highest BCUT2D eigenvalue weighted by Crippen LogP contribution is 2.23. The molecule has 0 atom stereocenters. The summed E-state index contributed by atoms with van der Waals surface area (Å²) in [4.78, 5) is 23.6. The van der Waals surface area contributed by atoms with Crippen molar-refractivity contribution in [3.63, 3.8) is 0 Å². The minimum Gasteiger partial charge on any atom is -0.462 e. The Hall–Kier alpha value is -2.97. The number of hydrogen-bond acceptors (Lipinski definition) is 7. The van der Waals surface area contributed by atoms with Crippen LogP contribution in [0, 0.1) is 0 Å². The Kier molecular flexibility index (Phi) is 6.23. The van der Waals surface area contributed by atoms with Gasteiger partial charge in [0.05, 0.1) is 38.0 Å². The van der Waals surface area contributed by atoms with Gasteiger partial charge in [0.1, 0.15) is 11.5 Å². The highest BCUT2D eigenvalue weighted by molar-refractivity contribution is 5.90. The van der Waals surface area contributed by atoms with Gasteiger partial charge in [0.25, 0.3) is 0 Å². The number of amides is 1. The second-order valence-corrected chi connectivity index (χ2v) is 6.30. The first kappa shape index (κ1) is 19.8. The van der Waals surface area contributed by atoms with Gasteiger partial charge in [-0.1, -0.05) is 12.1 Å². The Morgan fingerprint density at radius 1 is 1.18 bits per heavy atom. The number of ether oxygens (including phenoxy) is 3. The van der Waals surface area contributed by atoms with Gasteiger partial charge in [-0.2, -0.15) is 5.10 Å². The average Bonchev–Trinajstić information content (AvgIpc) is 3.31. The first-order valence-electron chi connectivity index (χ1n) is 8.96. The predicted octanol–water partition coefficient (Wildman–Crippen LogP) is 2.73. The summed E-state index contributed by atoms with van der Waals surface area (Å²) < 4.78 is 21.4. The van der Waals surface area contributed by atoms with Crippen molar-refractivity contribution in [3.05, 3.63) is 47.7 Å². The molecule has 148 valence electrons. The normalized spacial score (nSPS) is 15.6. The number of nitrogens with zero attached hydrogens (tertiary/aromatic N) is 1. The minimum atomic E-state index is -0.896. The van der Waals surface area contributed by atoms with E-state index >= 15 is 0 Å². The number of carbonyl (C=O) groups excluding carboxylic acids is 2. The molecule has 0 unspecified atom stereocenters. The number of esters is 1. The molecule has 1 aromatic heterocycles. The van der Waals surface area contributed by atoms with Gasteiger partial charge in [-0.3, -0.25) is 4.79 Å². The molecule has 0 bridgehead atoms. The Balaban J connectivity index is 1.55. The largest absolute Gasteiger partial charge is 0.462 e. The second-order valence-electron chi connectivity index (χ2n) is 6.30. The zero-order valence-electron chi connectivity index (χ0n) is 15.8. The van der Waals surface area contributed by atoms with Crippen LogP contribution in [-0.4, -0.2) is 43.7 Å². The Labute approximate surface area is 162 Å². The van der Waals surface area contributed by atoms with Gasteiger partial charge < -0.3 is 18.6 Å². The van der Waals surface area contributed by atoms with Crippen molar-refractivity contribution in [2.24, 2.45) is 5.10 Å². The van der Waals surface area contributed by atoms with E-state index in [9.17, 15) is 9.59 Å². The number of furan rings is 1. The van der Waals surface area contributed by atoms with E-state index < -0.39 is 5.79 Å². The number of rotatable bonds is 7. The molecule has 0 saturated carbocycles. The maximum absolute atomic E-state index is 11.9. The van der Waals surface area contributed by atoms with Gasteiger partial charge in [0.15, 0.2) is 5.79 Å². The van der Waals surface area contributed by atoms with Crippen molar-refractivity contribution in [1.82, 2.24) is 5.43 Å². The molecule has 1 amide bonds. The van der Waals surface area contributed by atoms with E-state index in [-0.39, 0.29) is 18.3 Å². The third kappa shape index (κ3) is 5.05. The molecule has 1 aliphatic heterocycles. The average molecular weight is 386 g/mol. The van der Waals surface area contributed by atoms with E-state index in [0.29, 0.717) is 36.9 Å². The van der Waals surface area contributed by atoms with Crippen LogP contribution in [0.25, 0.3) is 11.3 Å². The topological polar surface area (TPSA) is 99.4 Å². The van der Waals surface area contributed by atoms with Crippen LogP contribution < -0.4 is 5.43 Å². The fourth-order valence-corrected chi connectivity index (χ4v) is 2.72. The first-order valence-corrected chi connectivity index (χ1v) is 8.96. The lowest BCUT2D eigenvalue weighted by Gasteiger charge is -2.20. The second kappa shape index (κ2) is 8.81. The molecule has 1 aromatic carbocycles. The maximum atomic E-state index is 11.9. The fraction of sp³-hybridized carbons (Fsp3) is 0.350. The summed E-state index contributed by atoms with van der Waals surface area (Å²) in [6, 6.07) is 10.4. The summed E-state index contributed by atoms with van der Waals surface area (Å²) >= 11 is 0. The van der Waals surface area contributed by atoms with Crippen LogP contribution in [0.3, 0.4) is 0 Å².